The topological polar surface area (TPSA) is 67.5 Å². The Morgan fingerprint density at radius 3 is 2.58 bits per heavy atom. The van der Waals surface area contributed by atoms with Crippen LogP contribution in [-0.2, 0) is 6.54 Å². The first-order valence-corrected chi connectivity index (χ1v) is 9.25. The lowest BCUT2D eigenvalue weighted by Gasteiger charge is -2.04. The predicted molar refractivity (Wildman–Crippen MR) is 106 cm³/mol. The molecule has 0 aliphatic heterocycles. The van der Waals surface area contributed by atoms with Crippen LogP contribution in [-0.4, -0.2) is 14.7 Å². The zero-order valence-electron chi connectivity index (χ0n) is 13.2. The van der Waals surface area contributed by atoms with E-state index in [1.54, 1.807) is 22.8 Å². The van der Waals surface area contributed by atoms with Gasteiger partial charge in [-0.05, 0) is 35.5 Å². The quantitative estimate of drug-likeness (QED) is 0.411. The van der Waals surface area contributed by atoms with Gasteiger partial charge < -0.3 is 9.67 Å². The molecule has 4 rings (SSSR count). The van der Waals surface area contributed by atoms with Gasteiger partial charge in [0.2, 0.25) is 5.88 Å². The van der Waals surface area contributed by atoms with E-state index in [1.807, 2.05) is 29.6 Å². The van der Waals surface area contributed by atoms with Crippen LogP contribution in [0.5, 0.6) is 5.88 Å². The van der Waals surface area contributed by atoms with E-state index in [-0.39, 0.29) is 11.6 Å². The van der Waals surface area contributed by atoms with Crippen molar-refractivity contribution < 1.29 is 5.11 Å². The highest BCUT2D eigenvalue weighted by atomic mass is 35.5. The third-order valence-corrected chi connectivity index (χ3v) is 5.45. The van der Waals surface area contributed by atoms with Crippen LogP contribution in [0.1, 0.15) is 5.69 Å². The molecule has 0 saturated carbocycles. The molecule has 2 aromatic heterocycles. The Labute approximate surface area is 162 Å². The monoisotopic (exact) mass is 403 g/mol. The van der Waals surface area contributed by atoms with E-state index in [0.29, 0.717) is 27.5 Å². The molecular weight excluding hydrogens is 393 g/mol. The summed E-state index contributed by atoms with van der Waals surface area (Å²) in [7, 11) is 0. The van der Waals surface area contributed by atoms with Gasteiger partial charge in [-0.2, -0.15) is 0 Å². The number of benzene rings is 2. The number of hydrogen-bond donors (Lipinski definition) is 1. The van der Waals surface area contributed by atoms with Crippen LogP contribution in [0, 0.1) is 4.91 Å². The van der Waals surface area contributed by atoms with E-state index in [2.05, 4.69) is 10.2 Å². The van der Waals surface area contributed by atoms with Crippen LogP contribution in [0.4, 0.5) is 5.69 Å². The second kappa shape index (κ2) is 6.72. The fraction of sp³-hybridized carbons (Fsp3) is 0.0556. The van der Waals surface area contributed by atoms with Gasteiger partial charge in [-0.25, -0.2) is 4.98 Å². The minimum Gasteiger partial charge on any atom is -0.493 e. The molecule has 0 amide bonds. The van der Waals surface area contributed by atoms with Gasteiger partial charge in [0.1, 0.15) is 5.01 Å². The van der Waals surface area contributed by atoms with Crippen LogP contribution in [0.2, 0.25) is 10.0 Å². The Balaban J connectivity index is 1.73. The molecule has 0 aliphatic carbocycles. The van der Waals surface area contributed by atoms with Crippen molar-refractivity contribution in [3.8, 4) is 16.5 Å². The van der Waals surface area contributed by atoms with Gasteiger partial charge in [0.15, 0.2) is 5.69 Å². The molecule has 0 unspecified atom stereocenters. The summed E-state index contributed by atoms with van der Waals surface area (Å²) in [5, 5.41) is 17.8. The van der Waals surface area contributed by atoms with Crippen molar-refractivity contribution in [3.63, 3.8) is 0 Å². The van der Waals surface area contributed by atoms with Crippen molar-refractivity contribution in [3.05, 3.63) is 68.5 Å². The average Bonchev–Trinajstić information content (AvgIpc) is 3.19. The van der Waals surface area contributed by atoms with Crippen molar-refractivity contribution >= 4 is 51.1 Å². The lowest BCUT2D eigenvalue weighted by molar-refractivity contribution is 0.429. The SMILES string of the molecule is O=Nc1c(O)n(Cc2csc(-c3ccc(Cl)cc3)n2)c2ccc(Cl)cc12. The second-order valence-electron chi connectivity index (χ2n) is 5.66. The number of nitrogens with zero attached hydrogens (tertiary/aromatic N) is 3. The van der Waals surface area contributed by atoms with Gasteiger partial charge in [-0.15, -0.1) is 16.2 Å². The van der Waals surface area contributed by atoms with Crippen LogP contribution in [0.25, 0.3) is 21.5 Å². The van der Waals surface area contributed by atoms with Crippen molar-refractivity contribution in [2.45, 2.75) is 6.54 Å². The summed E-state index contributed by atoms with van der Waals surface area (Å²) in [6, 6.07) is 12.5. The van der Waals surface area contributed by atoms with Crippen LogP contribution in [0.15, 0.2) is 53.0 Å². The fourth-order valence-electron chi connectivity index (χ4n) is 2.81. The zero-order valence-corrected chi connectivity index (χ0v) is 15.5. The Kier molecular flexibility index (Phi) is 4.40. The maximum atomic E-state index is 11.1. The molecule has 8 heteroatoms. The number of fused-ring (bicyclic) bond motifs is 1. The molecule has 0 radical (unpaired) electrons. The summed E-state index contributed by atoms with van der Waals surface area (Å²) in [5.41, 5.74) is 2.38. The highest BCUT2D eigenvalue weighted by Gasteiger charge is 2.19. The highest BCUT2D eigenvalue weighted by molar-refractivity contribution is 7.13. The Bertz CT molecular complexity index is 1120. The molecule has 4 aromatic rings. The summed E-state index contributed by atoms with van der Waals surface area (Å²) in [6.45, 7) is 0.309. The standard InChI is InChI=1S/C18H11Cl2N3O2S/c19-11-3-1-10(2-4-11)17-21-13(9-26-17)8-23-15-6-5-12(20)7-14(15)16(22-25)18(23)24/h1-7,9,24H,8H2. The third kappa shape index (κ3) is 2.96. The molecule has 2 aromatic carbocycles. The van der Waals surface area contributed by atoms with Crippen LogP contribution < -0.4 is 0 Å². The van der Waals surface area contributed by atoms with Crippen LogP contribution >= 0.6 is 34.5 Å². The van der Waals surface area contributed by atoms with Gasteiger partial charge in [0.25, 0.3) is 0 Å². The summed E-state index contributed by atoms with van der Waals surface area (Å²) >= 11 is 13.4. The molecule has 0 bridgehead atoms. The number of hydrogen-bond acceptors (Lipinski definition) is 5. The number of nitroso groups, excluding NO2 is 1. The number of halogens is 2. The van der Waals surface area contributed by atoms with E-state index in [0.717, 1.165) is 16.3 Å². The van der Waals surface area contributed by atoms with E-state index >= 15 is 0 Å². The first kappa shape index (κ1) is 17.0. The summed E-state index contributed by atoms with van der Waals surface area (Å²) < 4.78 is 1.60. The largest absolute Gasteiger partial charge is 0.493 e. The smallest absolute Gasteiger partial charge is 0.222 e. The second-order valence-corrected chi connectivity index (χ2v) is 7.39. The van der Waals surface area contributed by atoms with Gasteiger partial charge in [-0.3, -0.25) is 0 Å². The van der Waals surface area contributed by atoms with Gasteiger partial charge in [0, 0.05) is 26.4 Å². The van der Waals surface area contributed by atoms with Crippen molar-refractivity contribution in [2.75, 3.05) is 0 Å². The van der Waals surface area contributed by atoms with Gasteiger partial charge in [0.05, 0.1) is 17.8 Å². The maximum absolute atomic E-state index is 11.1. The zero-order chi connectivity index (χ0) is 18.3. The van der Waals surface area contributed by atoms with Crippen molar-refractivity contribution in [2.24, 2.45) is 5.18 Å². The molecule has 0 saturated heterocycles. The molecule has 0 fully saturated rings. The minimum absolute atomic E-state index is 0.0179. The molecule has 130 valence electrons. The summed E-state index contributed by atoms with van der Waals surface area (Å²) in [6.07, 6.45) is 0. The molecular formula is C18H11Cl2N3O2S. The first-order valence-electron chi connectivity index (χ1n) is 7.61. The molecule has 0 spiro atoms. The van der Waals surface area contributed by atoms with Gasteiger partial charge >= 0.3 is 0 Å². The molecule has 0 atom stereocenters. The number of aromatic hydroxyl groups is 1. The normalized spacial score (nSPS) is 11.2. The van der Waals surface area contributed by atoms with Crippen molar-refractivity contribution in [1.82, 2.24) is 9.55 Å². The Hall–Kier alpha value is -2.41. The van der Waals surface area contributed by atoms with E-state index in [4.69, 9.17) is 23.2 Å². The number of rotatable bonds is 4. The molecule has 2 heterocycles. The fourth-order valence-corrected chi connectivity index (χ4v) is 3.93. The maximum Gasteiger partial charge on any atom is 0.222 e. The van der Waals surface area contributed by atoms with Crippen molar-refractivity contribution in [1.29, 1.82) is 0 Å². The number of thiazole rings is 1. The molecule has 26 heavy (non-hydrogen) atoms. The summed E-state index contributed by atoms with van der Waals surface area (Å²) in [4.78, 5) is 15.8. The molecule has 5 nitrogen and oxygen atoms in total. The van der Waals surface area contributed by atoms with E-state index < -0.39 is 0 Å². The van der Waals surface area contributed by atoms with E-state index in [1.165, 1.54) is 11.3 Å². The Morgan fingerprint density at radius 1 is 1.12 bits per heavy atom. The van der Waals surface area contributed by atoms with Crippen LogP contribution in [0.3, 0.4) is 0 Å². The van der Waals surface area contributed by atoms with Gasteiger partial charge in [-0.1, -0.05) is 35.3 Å². The summed E-state index contributed by atoms with van der Waals surface area (Å²) in [5.74, 6) is -0.196. The molecule has 0 aliphatic rings. The highest BCUT2D eigenvalue weighted by Crippen LogP contribution is 2.40. The third-order valence-electron chi connectivity index (χ3n) is 4.03. The Morgan fingerprint density at radius 2 is 1.85 bits per heavy atom. The van der Waals surface area contributed by atoms with E-state index in [9.17, 15) is 10.0 Å². The average molecular weight is 404 g/mol. The minimum atomic E-state index is -0.196. The molecule has 1 N–H and O–H groups in total. The number of aromatic nitrogens is 2. The lowest BCUT2D eigenvalue weighted by atomic mass is 10.2. The predicted octanol–water partition coefficient (Wildman–Crippen LogP) is 6.22. The first-order chi connectivity index (χ1) is 12.6. The lowest BCUT2D eigenvalue weighted by Crippen LogP contribution is -1.99.